The van der Waals surface area contributed by atoms with Gasteiger partial charge in [0.25, 0.3) is 0 Å². The van der Waals surface area contributed by atoms with Crippen LogP contribution in [0.5, 0.6) is 0 Å². The van der Waals surface area contributed by atoms with Gasteiger partial charge in [0.05, 0.1) is 12.1 Å². The number of anilines is 1. The maximum Gasteiger partial charge on any atom is 0.390 e. The number of benzene rings is 1. The molecular weight excluding hydrogens is 287 g/mol. The van der Waals surface area contributed by atoms with Crippen LogP contribution < -0.4 is 10.6 Å². The van der Waals surface area contributed by atoms with E-state index in [9.17, 15) is 22.0 Å². The van der Waals surface area contributed by atoms with Crippen LogP contribution in [0.3, 0.4) is 0 Å². The minimum Gasteiger partial charge on any atom is -0.389 e. The molecule has 19 heavy (non-hydrogen) atoms. The van der Waals surface area contributed by atoms with Crippen molar-refractivity contribution in [3.8, 4) is 0 Å². The molecular formula is C11H11F5N2S. The van der Waals surface area contributed by atoms with Crippen LogP contribution in [0.15, 0.2) is 12.1 Å². The van der Waals surface area contributed by atoms with Crippen molar-refractivity contribution in [1.29, 1.82) is 0 Å². The summed E-state index contributed by atoms with van der Waals surface area (Å²) in [6.07, 6.45) is -5.48. The molecule has 0 aliphatic heterocycles. The van der Waals surface area contributed by atoms with Gasteiger partial charge in [-0.2, -0.15) is 13.2 Å². The van der Waals surface area contributed by atoms with Crippen molar-refractivity contribution in [2.24, 2.45) is 5.73 Å². The Hall–Kier alpha value is -1.44. The smallest absolute Gasteiger partial charge is 0.389 e. The van der Waals surface area contributed by atoms with Gasteiger partial charge in [-0.05, 0) is 12.1 Å². The van der Waals surface area contributed by atoms with Crippen LogP contribution in [0.25, 0.3) is 0 Å². The average Bonchev–Trinajstić information content (AvgIpc) is 2.28. The summed E-state index contributed by atoms with van der Waals surface area (Å²) < 4.78 is 63.4. The lowest BCUT2D eigenvalue weighted by Crippen LogP contribution is -2.25. The van der Waals surface area contributed by atoms with Crippen molar-refractivity contribution in [2.75, 3.05) is 18.5 Å². The summed E-state index contributed by atoms with van der Waals surface area (Å²) in [4.78, 5) is 0.663. The van der Waals surface area contributed by atoms with Crippen molar-refractivity contribution in [3.05, 3.63) is 29.3 Å². The SMILES string of the molecule is CN(CCC(F)(F)F)c1ccc(C(N)=S)c(F)c1F. The molecule has 0 aliphatic carbocycles. The molecule has 0 fully saturated rings. The predicted molar refractivity (Wildman–Crippen MR) is 66.2 cm³/mol. The van der Waals surface area contributed by atoms with Crippen molar-refractivity contribution < 1.29 is 22.0 Å². The Kier molecular flexibility index (Phi) is 4.67. The summed E-state index contributed by atoms with van der Waals surface area (Å²) in [5, 5.41) is 0. The van der Waals surface area contributed by atoms with Crippen LogP contribution in [0.2, 0.25) is 0 Å². The number of halogens is 5. The van der Waals surface area contributed by atoms with E-state index in [2.05, 4.69) is 12.2 Å². The topological polar surface area (TPSA) is 29.3 Å². The fourth-order valence-corrected chi connectivity index (χ4v) is 1.60. The Bertz CT molecular complexity index is 487. The van der Waals surface area contributed by atoms with Gasteiger partial charge in [-0.3, -0.25) is 0 Å². The molecule has 0 heterocycles. The van der Waals surface area contributed by atoms with Gasteiger partial charge in [-0.15, -0.1) is 0 Å². The molecule has 1 rings (SSSR count). The van der Waals surface area contributed by atoms with Crippen LogP contribution in [0.4, 0.5) is 27.6 Å². The summed E-state index contributed by atoms with van der Waals surface area (Å²) in [5.41, 5.74) is 4.63. The van der Waals surface area contributed by atoms with E-state index < -0.39 is 30.8 Å². The van der Waals surface area contributed by atoms with Gasteiger partial charge in [0.1, 0.15) is 4.99 Å². The van der Waals surface area contributed by atoms with Crippen LogP contribution in [0.1, 0.15) is 12.0 Å². The second-order valence-corrected chi connectivity index (χ2v) is 4.35. The Balaban J connectivity index is 2.96. The molecule has 0 aromatic heterocycles. The standard InChI is InChI=1S/C11H11F5N2S/c1-18(5-4-11(14,15)16)7-3-2-6(10(17)19)8(12)9(7)13/h2-3H,4-5H2,1H3,(H2,17,19). The zero-order valence-corrected chi connectivity index (χ0v) is 10.7. The highest BCUT2D eigenvalue weighted by Crippen LogP contribution is 2.26. The highest BCUT2D eigenvalue weighted by atomic mass is 32.1. The van der Waals surface area contributed by atoms with E-state index in [-0.39, 0.29) is 16.2 Å². The van der Waals surface area contributed by atoms with E-state index in [4.69, 9.17) is 5.73 Å². The van der Waals surface area contributed by atoms with Crippen molar-refractivity contribution in [3.63, 3.8) is 0 Å². The summed E-state index contributed by atoms with van der Waals surface area (Å²) in [5.74, 6) is -2.53. The quantitative estimate of drug-likeness (QED) is 0.684. The van der Waals surface area contributed by atoms with Gasteiger partial charge in [0.15, 0.2) is 11.6 Å². The third-order valence-corrected chi connectivity index (χ3v) is 2.69. The molecule has 0 saturated carbocycles. The van der Waals surface area contributed by atoms with Crippen LogP contribution in [-0.2, 0) is 0 Å². The first-order chi connectivity index (χ1) is 8.63. The number of thiocarbonyl (C=S) groups is 1. The Morgan fingerprint density at radius 2 is 1.84 bits per heavy atom. The second-order valence-electron chi connectivity index (χ2n) is 3.91. The normalized spacial score (nSPS) is 11.5. The lowest BCUT2D eigenvalue weighted by atomic mass is 10.1. The van der Waals surface area contributed by atoms with Crippen molar-refractivity contribution >= 4 is 22.9 Å². The molecule has 2 N–H and O–H groups in total. The van der Waals surface area contributed by atoms with Crippen LogP contribution in [-0.4, -0.2) is 24.8 Å². The molecule has 0 atom stereocenters. The lowest BCUT2D eigenvalue weighted by Gasteiger charge is -2.21. The first kappa shape index (κ1) is 15.6. The van der Waals surface area contributed by atoms with Crippen LogP contribution >= 0.6 is 12.2 Å². The summed E-state index contributed by atoms with van der Waals surface area (Å²) in [6, 6.07) is 2.28. The van der Waals surface area contributed by atoms with Gasteiger partial charge in [0.2, 0.25) is 0 Å². The number of rotatable bonds is 4. The summed E-state index contributed by atoms with van der Waals surface area (Å²) >= 11 is 4.53. The van der Waals surface area contributed by atoms with Gasteiger partial charge in [0, 0.05) is 19.2 Å². The summed E-state index contributed by atoms with van der Waals surface area (Å²) in [7, 11) is 1.24. The maximum absolute atomic E-state index is 13.7. The average molecular weight is 298 g/mol. The van der Waals surface area contributed by atoms with Crippen molar-refractivity contribution in [2.45, 2.75) is 12.6 Å². The van der Waals surface area contributed by atoms with E-state index in [1.54, 1.807) is 0 Å². The van der Waals surface area contributed by atoms with Crippen LogP contribution in [0, 0.1) is 11.6 Å². The first-order valence-corrected chi connectivity index (χ1v) is 5.60. The van der Waals surface area contributed by atoms with E-state index in [1.807, 2.05) is 0 Å². The molecule has 0 spiro atoms. The molecule has 1 aromatic carbocycles. The molecule has 8 heteroatoms. The number of alkyl halides is 3. The van der Waals surface area contributed by atoms with Gasteiger partial charge in [-0.1, -0.05) is 12.2 Å². The number of hydrogen-bond donors (Lipinski definition) is 1. The molecule has 106 valence electrons. The molecule has 0 aliphatic rings. The minimum absolute atomic E-state index is 0.276. The Morgan fingerprint density at radius 3 is 2.32 bits per heavy atom. The Labute approximate surface area is 112 Å². The largest absolute Gasteiger partial charge is 0.390 e. The zero-order chi connectivity index (χ0) is 14.8. The molecule has 0 radical (unpaired) electrons. The third-order valence-electron chi connectivity index (χ3n) is 2.47. The number of nitrogens with zero attached hydrogens (tertiary/aromatic N) is 1. The monoisotopic (exact) mass is 298 g/mol. The second kappa shape index (κ2) is 5.68. The fraction of sp³-hybridized carbons (Fsp3) is 0.364. The minimum atomic E-state index is -4.36. The molecule has 0 bridgehead atoms. The molecule has 1 aromatic rings. The van der Waals surface area contributed by atoms with E-state index in [0.717, 1.165) is 17.0 Å². The Morgan fingerprint density at radius 1 is 1.26 bits per heavy atom. The lowest BCUT2D eigenvalue weighted by molar-refractivity contribution is -0.132. The van der Waals surface area contributed by atoms with Gasteiger partial charge < -0.3 is 10.6 Å². The third kappa shape index (κ3) is 4.02. The van der Waals surface area contributed by atoms with Gasteiger partial charge >= 0.3 is 6.18 Å². The number of hydrogen-bond acceptors (Lipinski definition) is 2. The molecule has 0 amide bonds. The molecule has 2 nitrogen and oxygen atoms in total. The zero-order valence-electron chi connectivity index (χ0n) is 9.89. The van der Waals surface area contributed by atoms with E-state index in [1.165, 1.54) is 7.05 Å². The highest BCUT2D eigenvalue weighted by molar-refractivity contribution is 7.80. The number of nitrogens with two attached hydrogens (primary N) is 1. The predicted octanol–water partition coefficient (Wildman–Crippen LogP) is 2.99. The van der Waals surface area contributed by atoms with Crippen molar-refractivity contribution in [1.82, 2.24) is 0 Å². The first-order valence-electron chi connectivity index (χ1n) is 5.19. The van der Waals surface area contributed by atoms with E-state index in [0.29, 0.717) is 0 Å². The molecule has 0 saturated heterocycles. The summed E-state index contributed by atoms with van der Waals surface area (Å²) in [6.45, 7) is -0.480. The molecule has 0 unspecified atom stereocenters. The van der Waals surface area contributed by atoms with E-state index >= 15 is 0 Å². The highest BCUT2D eigenvalue weighted by Gasteiger charge is 2.28. The van der Waals surface area contributed by atoms with Gasteiger partial charge in [-0.25, -0.2) is 8.78 Å². The maximum atomic E-state index is 13.7. The fourth-order valence-electron chi connectivity index (χ4n) is 1.44.